The third-order valence-electron chi connectivity index (χ3n) is 3.82. The summed E-state index contributed by atoms with van der Waals surface area (Å²) in [6.45, 7) is 0. The second-order valence-electron chi connectivity index (χ2n) is 5.71. The van der Waals surface area contributed by atoms with Crippen molar-refractivity contribution in [3.05, 3.63) is 36.4 Å². The predicted octanol–water partition coefficient (Wildman–Crippen LogP) is 3.61. The van der Waals surface area contributed by atoms with Gasteiger partial charge in [-0.15, -0.1) is 0 Å². The number of carbonyl (C=O) groups is 2. The molecule has 1 aromatic carbocycles. The lowest BCUT2D eigenvalue weighted by Crippen LogP contribution is -2.12. The second-order valence-corrected chi connectivity index (χ2v) is 5.71. The van der Waals surface area contributed by atoms with Crippen LogP contribution >= 0.6 is 0 Å². The first-order chi connectivity index (χ1) is 11.2. The summed E-state index contributed by atoms with van der Waals surface area (Å²) in [5, 5.41) is 13.9. The van der Waals surface area contributed by atoms with Gasteiger partial charge in [0.15, 0.2) is 0 Å². The summed E-state index contributed by atoms with van der Waals surface area (Å²) < 4.78 is 0. The quantitative estimate of drug-likeness (QED) is 0.815. The van der Waals surface area contributed by atoms with E-state index in [1.54, 1.807) is 36.4 Å². The molecule has 120 valence electrons. The number of carbonyl (C=O) groups excluding carboxylic acids is 2. The molecule has 0 unspecified atom stereocenters. The summed E-state index contributed by atoms with van der Waals surface area (Å²) in [5.74, 6) is -0.0321. The Morgan fingerprint density at radius 2 is 1.87 bits per heavy atom. The first-order valence-electron chi connectivity index (χ1n) is 7.93. The van der Waals surface area contributed by atoms with Crippen LogP contribution in [0, 0.1) is 17.2 Å². The van der Waals surface area contributed by atoms with Crippen molar-refractivity contribution in [2.24, 2.45) is 5.92 Å². The van der Waals surface area contributed by atoms with Gasteiger partial charge in [-0.25, -0.2) is 0 Å². The highest BCUT2D eigenvalue weighted by Crippen LogP contribution is 2.24. The molecule has 0 bridgehead atoms. The number of allylic oxidation sites excluding steroid dienone is 1. The zero-order valence-corrected chi connectivity index (χ0v) is 13.0. The van der Waals surface area contributed by atoms with Gasteiger partial charge in [0.2, 0.25) is 11.8 Å². The lowest BCUT2D eigenvalue weighted by atomic mass is 9.89. The first kappa shape index (κ1) is 16.8. The molecule has 5 heteroatoms. The molecule has 1 aliphatic rings. The van der Waals surface area contributed by atoms with Gasteiger partial charge in [0.05, 0.1) is 6.07 Å². The van der Waals surface area contributed by atoms with Crippen LogP contribution < -0.4 is 10.6 Å². The van der Waals surface area contributed by atoms with E-state index >= 15 is 0 Å². The summed E-state index contributed by atoms with van der Waals surface area (Å²) in [4.78, 5) is 23.4. The third-order valence-corrected chi connectivity index (χ3v) is 3.82. The Bertz CT molecular complexity index is 625. The van der Waals surface area contributed by atoms with Gasteiger partial charge in [-0.2, -0.15) is 5.26 Å². The highest BCUT2D eigenvalue weighted by Gasteiger charge is 2.10. The van der Waals surface area contributed by atoms with Gasteiger partial charge in [0.25, 0.3) is 0 Å². The van der Waals surface area contributed by atoms with E-state index in [9.17, 15) is 9.59 Å². The van der Waals surface area contributed by atoms with Crippen molar-refractivity contribution in [2.75, 3.05) is 10.6 Å². The molecule has 23 heavy (non-hydrogen) atoms. The zero-order chi connectivity index (χ0) is 16.5. The molecule has 2 N–H and O–H groups in total. The highest BCUT2D eigenvalue weighted by atomic mass is 16.2. The van der Waals surface area contributed by atoms with E-state index in [2.05, 4.69) is 10.6 Å². The number of anilines is 2. The van der Waals surface area contributed by atoms with Gasteiger partial charge in [0, 0.05) is 11.4 Å². The molecule has 0 saturated heterocycles. The third kappa shape index (κ3) is 5.95. The number of rotatable bonds is 5. The highest BCUT2D eigenvalue weighted by molar-refractivity contribution is 6.00. The smallest absolute Gasteiger partial charge is 0.248 e. The average Bonchev–Trinajstić information content (AvgIpc) is 2.54. The normalized spacial score (nSPS) is 15.1. The molecule has 0 atom stereocenters. The molecule has 5 nitrogen and oxygen atoms in total. The molecule has 1 aliphatic carbocycles. The molecule has 0 aliphatic heterocycles. The van der Waals surface area contributed by atoms with Gasteiger partial charge in [-0.05, 0) is 43.0 Å². The Hall–Kier alpha value is -2.61. The van der Waals surface area contributed by atoms with Crippen LogP contribution in [0.1, 0.15) is 38.5 Å². The van der Waals surface area contributed by atoms with E-state index in [1.165, 1.54) is 19.3 Å². The van der Waals surface area contributed by atoms with Crippen molar-refractivity contribution >= 4 is 23.2 Å². The number of nitrogens with one attached hydrogen (secondary N) is 2. The van der Waals surface area contributed by atoms with Crippen molar-refractivity contribution in [1.29, 1.82) is 5.26 Å². The van der Waals surface area contributed by atoms with Crippen molar-refractivity contribution in [1.82, 2.24) is 0 Å². The maximum atomic E-state index is 12.0. The summed E-state index contributed by atoms with van der Waals surface area (Å²) in [6, 6.07) is 8.67. The van der Waals surface area contributed by atoms with Crippen LogP contribution in [0.3, 0.4) is 0 Å². The van der Waals surface area contributed by atoms with Crippen molar-refractivity contribution in [2.45, 2.75) is 38.5 Å². The molecule has 2 amide bonds. The van der Waals surface area contributed by atoms with Crippen LogP contribution in [-0.4, -0.2) is 11.8 Å². The van der Waals surface area contributed by atoms with E-state index < -0.39 is 0 Å². The number of hydrogen-bond acceptors (Lipinski definition) is 3. The van der Waals surface area contributed by atoms with Crippen LogP contribution in [0.5, 0.6) is 0 Å². The summed E-state index contributed by atoms with van der Waals surface area (Å²) in [5.41, 5.74) is 1.16. The molecular weight excluding hydrogens is 290 g/mol. The van der Waals surface area contributed by atoms with E-state index in [0.29, 0.717) is 17.3 Å². The summed E-state index contributed by atoms with van der Waals surface area (Å²) >= 11 is 0. The second kappa shape index (κ2) is 8.74. The van der Waals surface area contributed by atoms with Gasteiger partial charge in [-0.1, -0.05) is 31.4 Å². The fourth-order valence-corrected chi connectivity index (χ4v) is 2.69. The predicted molar refractivity (Wildman–Crippen MR) is 89.6 cm³/mol. The number of nitrogens with zero attached hydrogens (tertiary/aromatic N) is 1. The fourth-order valence-electron chi connectivity index (χ4n) is 2.69. The maximum Gasteiger partial charge on any atom is 0.248 e. The summed E-state index contributed by atoms with van der Waals surface area (Å²) in [6.07, 6.45) is 9.47. The molecule has 1 saturated carbocycles. The Morgan fingerprint density at radius 1 is 1.17 bits per heavy atom. The molecule has 0 heterocycles. The number of hydrogen-bond donors (Lipinski definition) is 2. The van der Waals surface area contributed by atoms with Crippen molar-refractivity contribution < 1.29 is 9.59 Å². The molecule has 1 aromatic rings. The van der Waals surface area contributed by atoms with Gasteiger partial charge < -0.3 is 10.6 Å². The fraction of sp³-hybridized carbons (Fsp3) is 0.389. The van der Waals surface area contributed by atoms with Crippen LogP contribution in [0.4, 0.5) is 11.4 Å². The zero-order valence-electron chi connectivity index (χ0n) is 13.0. The SMILES string of the molecule is N#CCC(=O)Nc1cccc(NC(=O)/C=C/C2CCCCC2)c1. The Labute approximate surface area is 136 Å². The lowest BCUT2D eigenvalue weighted by Gasteiger charge is -2.17. The Morgan fingerprint density at radius 3 is 2.57 bits per heavy atom. The van der Waals surface area contributed by atoms with Crippen LogP contribution in [0.2, 0.25) is 0 Å². The van der Waals surface area contributed by atoms with Crippen LogP contribution in [-0.2, 0) is 9.59 Å². The van der Waals surface area contributed by atoms with E-state index in [-0.39, 0.29) is 18.2 Å². The van der Waals surface area contributed by atoms with Crippen molar-refractivity contribution in [3.8, 4) is 6.07 Å². The monoisotopic (exact) mass is 311 g/mol. The van der Waals surface area contributed by atoms with Crippen molar-refractivity contribution in [3.63, 3.8) is 0 Å². The minimum absolute atomic E-state index is 0.170. The summed E-state index contributed by atoms with van der Waals surface area (Å²) in [7, 11) is 0. The molecule has 0 aromatic heterocycles. The lowest BCUT2D eigenvalue weighted by molar-refractivity contribution is -0.115. The number of amides is 2. The van der Waals surface area contributed by atoms with Crippen LogP contribution in [0.15, 0.2) is 36.4 Å². The standard InChI is InChI=1S/C18H21N3O2/c19-12-11-18(23)21-16-8-4-7-15(13-16)20-17(22)10-9-14-5-2-1-3-6-14/h4,7-10,13-14H,1-3,5-6,11H2,(H,20,22)(H,21,23)/b10-9+. The number of benzene rings is 1. The first-order valence-corrected chi connectivity index (χ1v) is 7.93. The van der Waals surface area contributed by atoms with Crippen LogP contribution in [0.25, 0.3) is 0 Å². The Kier molecular flexibility index (Phi) is 6.37. The van der Waals surface area contributed by atoms with Gasteiger partial charge in [-0.3, -0.25) is 9.59 Å². The maximum absolute atomic E-state index is 12.0. The largest absolute Gasteiger partial charge is 0.325 e. The van der Waals surface area contributed by atoms with Gasteiger partial charge >= 0.3 is 0 Å². The van der Waals surface area contributed by atoms with E-state index in [0.717, 1.165) is 12.8 Å². The molecular formula is C18H21N3O2. The molecule has 0 spiro atoms. The van der Waals surface area contributed by atoms with Gasteiger partial charge in [0.1, 0.15) is 6.42 Å². The Balaban J connectivity index is 1.89. The molecule has 2 rings (SSSR count). The molecule has 1 fully saturated rings. The minimum atomic E-state index is -0.367. The van der Waals surface area contributed by atoms with E-state index in [1.807, 2.05) is 6.08 Å². The topological polar surface area (TPSA) is 82.0 Å². The molecule has 0 radical (unpaired) electrons. The van der Waals surface area contributed by atoms with E-state index in [4.69, 9.17) is 5.26 Å². The minimum Gasteiger partial charge on any atom is -0.325 e. The number of nitriles is 1. The average molecular weight is 311 g/mol.